The fourth-order valence-electron chi connectivity index (χ4n) is 2.50. The molecule has 2 rings (SSSR count). The number of hydrogen-bond acceptors (Lipinski definition) is 2. The van der Waals surface area contributed by atoms with Gasteiger partial charge in [-0.1, -0.05) is 0 Å². The van der Waals surface area contributed by atoms with Gasteiger partial charge in [0.05, 0.1) is 12.2 Å². The summed E-state index contributed by atoms with van der Waals surface area (Å²) in [4.78, 5) is 0. The number of ether oxygens (including phenoxy) is 1. The Morgan fingerprint density at radius 3 is 2.67 bits per heavy atom. The molecule has 3 heteroatoms. The minimum atomic E-state index is -1.27. The van der Waals surface area contributed by atoms with Crippen LogP contribution in [-0.4, -0.2) is 27.1 Å². The van der Waals surface area contributed by atoms with Crippen molar-refractivity contribution >= 4 is 8.32 Å². The summed E-state index contributed by atoms with van der Waals surface area (Å²) in [6, 6.07) is 0. The van der Waals surface area contributed by atoms with Crippen LogP contribution in [0.4, 0.5) is 0 Å². The molecule has 0 bridgehead atoms. The second-order valence-corrected chi connectivity index (χ2v) is 10.5. The largest absolute Gasteiger partial charge is 0.418 e. The summed E-state index contributed by atoms with van der Waals surface area (Å²) in [5.41, 5.74) is 0. The minimum Gasteiger partial charge on any atom is -0.418 e. The molecule has 0 N–H and O–H groups in total. The first-order chi connectivity index (χ1) is 7.04. The van der Waals surface area contributed by atoms with Gasteiger partial charge in [-0.05, 0) is 57.7 Å². The zero-order valence-corrected chi connectivity index (χ0v) is 11.3. The van der Waals surface area contributed by atoms with Crippen molar-refractivity contribution in [3.63, 3.8) is 0 Å². The standard InChI is InChI=1S/C12H24O2Si/c1-15(2,3)13-8-4-5-10-6-7-11-12(9-10)14-11/h10-12H,4-9H2,1-3H3. The van der Waals surface area contributed by atoms with Gasteiger partial charge in [-0.2, -0.15) is 0 Å². The van der Waals surface area contributed by atoms with Crippen molar-refractivity contribution in [2.24, 2.45) is 5.92 Å². The molecule has 15 heavy (non-hydrogen) atoms. The lowest BCUT2D eigenvalue weighted by atomic mass is 9.86. The Labute approximate surface area is 94.5 Å². The molecule has 2 fully saturated rings. The summed E-state index contributed by atoms with van der Waals surface area (Å²) in [5, 5.41) is 0. The Balaban J connectivity index is 1.54. The molecule has 1 saturated carbocycles. The van der Waals surface area contributed by atoms with Gasteiger partial charge in [0.2, 0.25) is 0 Å². The van der Waals surface area contributed by atoms with E-state index in [9.17, 15) is 0 Å². The highest BCUT2D eigenvalue weighted by Crippen LogP contribution is 2.40. The first kappa shape index (κ1) is 11.6. The van der Waals surface area contributed by atoms with Crippen LogP contribution < -0.4 is 0 Å². The average molecular weight is 228 g/mol. The third kappa shape index (κ3) is 3.89. The van der Waals surface area contributed by atoms with Gasteiger partial charge in [0.15, 0.2) is 8.32 Å². The Morgan fingerprint density at radius 1 is 1.20 bits per heavy atom. The van der Waals surface area contributed by atoms with E-state index in [0.29, 0.717) is 12.2 Å². The molecule has 1 aliphatic heterocycles. The Bertz CT molecular complexity index is 212. The van der Waals surface area contributed by atoms with Crippen LogP contribution in [0.25, 0.3) is 0 Å². The zero-order valence-electron chi connectivity index (χ0n) is 10.3. The molecule has 2 aliphatic rings. The average Bonchev–Trinajstić information content (AvgIpc) is 2.88. The van der Waals surface area contributed by atoms with Crippen molar-refractivity contribution in [1.82, 2.24) is 0 Å². The van der Waals surface area contributed by atoms with Crippen molar-refractivity contribution in [2.45, 2.75) is 64.0 Å². The summed E-state index contributed by atoms with van der Waals surface area (Å²) in [6.45, 7) is 7.75. The Kier molecular flexibility index (Phi) is 3.53. The second kappa shape index (κ2) is 4.56. The fourth-order valence-corrected chi connectivity index (χ4v) is 3.26. The summed E-state index contributed by atoms with van der Waals surface area (Å²) < 4.78 is 11.4. The van der Waals surface area contributed by atoms with Crippen LogP contribution in [-0.2, 0) is 9.16 Å². The van der Waals surface area contributed by atoms with Crippen LogP contribution in [0.1, 0.15) is 32.1 Å². The minimum absolute atomic E-state index is 0.640. The number of epoxide rings is 1. The van der Waals surface area contributed by atoms with Crippen LogP contribution in [0, 0.1) is 5.92 Å². The van der Waals surface area contributed by atoms with Crippen LogP contribution in [0.2, 0.25) is 19.6 Å². The van der Waals surface area contributed by atoms with Crippen LogP contribution in [0.15, 0.2) is 0 Å². The molecule has 0 spiro atoms. The lowest BCUT2D eigenvalue weighted by molar-refractivity contribution is 0.270. The predicted molar refractivity (Wildman–Crippen MR) is 64.5 cm³/mol. The maximum atomic E-state index is 5.87. The van der Waals surface area contributed by atoms with E-state index in [-0.39, 0.29) is 0 Å². The van der Waals surface area contributed by atoms with E-state index in [1.807, 2.05) is 0 Å². The topological polar surface area (TPSA) is 21.8 Å². The highest BCUT2D eigenvalue weighted by Gasteiger charge is 2.43. The maximum Gasteiger partial charge on any atom is 0.183 e. The van der Waals surface area contributed by atoms with E-state index in [1.165, 1.54) is 32.1 Å². The van der Waals surface area contributed by atoms with E-state index in [0.717, 1.165) is 12.5 Å². The van der Waals surface area contributed by atoms with Crippen LogP contribution >= 0.6 is 0 Å². The van der Waals surface area contributed by atoms with Crippen molar-refractivity contribution in [3.05, 3.63) is 0 Å². The Morgan fingerprint density at radius 2 is 2.00 bits per heavy atom. The summed E-state index contributed by atoms with van der Waals surface area (Å²) in [7, 11) is -1.27. The molecule has 1 saturated heterocycles. The van der Waals surface area contributed by atoms with Gasteiger partial charge in [0.1, 0.15) is 0 Å². The third-order valence-corrected chi connectivity index (χ3v) is 4.47. The first-order valence-electron chi connectivity index (χ1n) is 6.34. The number of fused-ring (bicyclic) bond motifs is 1. The van der Waals surface area contributed by atoms with Gasteiger partial charge in [-0.3, -0.25) is 0 Å². The third-order valence-electron chi connectivity index (χ3n) is 3.40. The van der Waals surface area contributed by atoms with Crippen molar-refractivity contribution in [1.29, 1.82) is 0 Å². The zero-order chi connectivity index (χ0) is 10.9. The molecule has 2 nitrogen and oxygen atoms in total. The quantitative estimate of drug-likeness (QED) is 0.409. The molecular formula is C12H24O2Si. The molecule has 0 amide bonds. The van der Waals surface area contributed by atoms with Gasteiger partial charge >= 0.3 is 0 Å². The smallest absolute Gasteiger partial charge is 0.183 e. The van der Waals surface area contributed by atoms with E-state index in [2.05, 4.69) is 19.6 Å². The lowest BCUT2D eigenvalue weighted by Gasteiger charge is -2.21. The van der Waals surface area contributed by atoms with Gasteiger partial charge in [0, 0.05) is 6.61 Å². The van der Waals surface area contributed by atoms with Gasteiger partial charge in [0.25, 0.3) is 0 Å². The van der Waals surface area contributed by atoms with Crippen molar-refractivity contribution in [2.75, 3.05) is 6.61 Å². The van der Waals surface area contributed by atoms with Crippen molar-refractivity contribution in [3.8, 4) is 0 Å². The summed E-state index contributed by atoms with van der Waals surface area (Å²) in [6.07, 6.45) is 7.89. The maximum absolute atomic E-state index is 5.87. The molecule has 3 atom stereocenters. The molecule has 0 aromatic heterocycles. The molecular weight excluding hydrogens is 204 g/mol. The SMILES string of the molecule is C[Si](C)(C)OCCCC1CCC2OC2C1. The second-order valence-electron chi connectivity index (χ2n) is 6.00. The molecule has 0 aromatic carbocycles. The molecule has 3 unspecified atom stereocenters. The van der Waals surface area contributed by atoms with Gasteiger partial charge in [-0.15, -0.1) is 0 Å². The summed E-state index contributed by atoms with van der Waals surface area (Å²) in [5.74, 6) is 0.916. The summed E-state index contributed by atoms with van der Waals surface area (Å²) >= 11 is 0. The number of rotatable bonds is 5. The normalized spacial score (nSPS) is 35.0. The van der Waals surface area contributed by atoms with Crippen LogP contribution in [0.5, 0.6) is 0 Å². The van der Waals surface area contributed by atoms with E-state index in [1.54, 1.807) is 0 Å². The Hall–Kier alpha value is 0.137. The monoisotopic (exact) mass is 228 g/mol. The van der Waals surface area contributed by atoms with Crippen molar-refractivity contribution < 1.29 is 9.16 Å². The van der Waals surface area contributed by atoms with E-state index in [4.69, 9.17) is 9.16 Å². The predicted octanol–water partition coefficient (Wildman–Crippen LogP) is 3.19. The highest BCUT2D eigenvalue weighted by molar-refractivity contribution is 6.69. The number of hydrogen-bond donors (Lipinski definition) is 0. The van der Waals surface area contributed by atoms with E-state index >= 15 is 0 Å². The first-order valence-corrected chi connectivity index (χ1v) is 9.75. The molecule has 1 aliphatic carbocycles. The molecule has 0 radical (unpaired) electrons. The molecule has 0 aromatic rings. The fraction of sp³-hybridized carbons (Fsp3) is 1.00. The lowest BCUT2D eigenvalue weighted by Crippen LogP contribution is -2.26. The highest BCUT2D eigenvalue weighted by atomic mass is 28.4. The van der Waals surface area contributed by atoms with Gasteiger partial charge < -0.3 is 9.16 Å². The molecule has 88 valence electrons. The molecule has 1 heterocycles. The van der Waals surface area contributed by atoms with E-state index < -0.39 is 8.32 Å². The van der Waals surface area contributed by atoms with Crippen LogP contribution in [0.3, 0.4) is 0 Å². The van der Waals surface area contributed by atoms with Gasteiger partial charge in [-0.25, -0.2) is 0 Å².